The van der Waals surface area contributed by atoms with Gasteiger partial charge in [-0.3, -0.25) is 0 Å². The second-order valence-corrected chi connectivity index (χ2v) is 3.91. The van der Waals surface area contributed by atoms with E-state index < -0.39 is 10.1 Å². The zero-order chi connectivity index (χ0) is 8.04. The van der Waals surface area contributed by atoms with Crippen LogP contribution in [-0.2, 0) is 10.1 Å². The first-order valence-corrected chi connectivity index (χ1v) is 5.17. The van der Waals surface area contributed by atoms with E-state index in [-0.39, 0.29) is 35.3 Å². The fourth-order valence-electron chi connectivity index (χ4n) is 0.550. The molecule has 0 bridgehead atoms. The van der Waals surface area contributed by atoms with E-state index in [4.69, 9.17) is 11.6 Å². The van der Waals surface area contributed by atoms with Gasteiger partial charge in [-0.15, -0.1) is 11.6 Å². The first-order chi connectivity index (χ1) is 4.56. The minimum Gasteiger partial charge on any atom is -0.748 e. The maximum absolute atomic E-state index is 10.0. The van der Waals surface area contributed by atoms with Gasteiger partial charge in [0.1, 0.15) is 0 Å². The molecule has 0 radical (unpaired) electrons. The van der Waals surface area contributed by atoms with Gasteiger partial charge in [0.05, 0.1) is 10.1 Å². The molecule has 0 atom stereocenters. The molecule has 0 rings (SSSR count). The van der Waals surface area contributed by atoms with Crippen molar-refractivity contribution in [3.8, 4) is 0 Å². The van der Waals surface area contributed by atoms with Crippen molar-refractivity contribution in [2.24, 2.45) is 0 Å². The van der Waals surface area contributed by atoms with Crippen LogP contribution in [0.15, 0.2) is 0 Å². The average Bonchev–Trinajstić information content (AvgIpc) is 1.78. The van der Waals surface area contributed by atoms with E-state index in [1.807, 2.05) is 0 Å². The van der Waals surface area contributed by atoms with Gasteiger partial charge in [-0.2, -0.15) is 0 Å². The van der Waals surface area contributed by atoms with Crippen LogP contribution in [0.5, 0.6) is 0 Å². The molecule has 0 aromatic rings. The summed E-state index contributed by atoms with van der Waals surface area (Å²) in [5, 5.41) is 0. The van der Waals surface area contributed by atoms with E-state index in [9.17, 15) is 13.0 Å². The summed E-state index contributed by atoms with van der Waals surface area (Å²) in [5.74, 6) is 0.267. The van der Waals surface area contributed by atoms with Crippen molar-refractivity contribution < 1.29 is 42.5 Å². The fraction of sp³-hybridized carbons (Fsp3) is 1.00. The summed E-state index contributed by atoms with van der Waals surface area (Å²) in [5.41, 5.74) is 0. The first kappa shape index (κ1) is 14.7. The number of rotatable bonds is 5. The molecule has 62 valence electrons. The van der Waals surface area contributed by atoms with Crippen molar-refractivity contribution in [2.75, 3.05) is 11.6 Å². The number of hydrogen-bond donors (Lipinski definition) is 0. The molecule has 0 unspecified atom stereocenters. The number of hydrogen-bond acceptors (Lipinski definition) is 3. The van der Waals surface area contributed by atoms with Gasteiger partial charge >= 0.3 is 29.6 Å². The van der Waals surface area contributed by atoms with Crippen LogP contribution in [0.25, 0.3) is 0 Å². The number of alkyl halides is 1. The summed E-state index contributed by atoms with van der Waals surface area (Å²) >= 11 is 5.32. The first-order valence-electron chi connectivity index (χ1n) is 3.06. The Bertz CT molecular complexity index is 169. The second-order valence-electron chi connectivity index (χ2n) is 2.01. The van der Waals surface area contributed by atoms with Gasteiger partial charge in [0, 0.05) is 11.6 Å². The standard InChI is InChI=1S/C5H11ClO3S.Na/c6-4-2-1-3-5-10(7,8)9;/h1-5H2,(H,7,8,9);/q;+1/p-1. The molecule has 6 heteroatoms. The largest absolute Gasteiger partial charge is 1.00 e. The smallest absolute Gasteiger partial charge is 0.748 e. The van der Waals surface area contributed by atoms with Crippen LogP contribution in [0.1, 0.15) is 19.3 Å². The normalized spacial score (nSPS) is 10.7. The summed E-state index contributed by atoms with van der Waals surface area (Å²) < 4.78 is 30.0. The number of halogens is 1. The fourth-order valence-corrected chi connectivity index (χ4v) is 1.30. The van der Waals surface area contributed by atoms with Crippen LogP contribution in [-0.4, -0.2) is 24.6 Å². The number of unbranched alkanes of at least 4 members (excludes halogenated alkanes) is 2. The van der Waals surface area contributed by atoms with Gasteiger partial charge in [-0.25, -0.2) is 8.42 Å². The molecule has 0 aliphatic carbocycles. The molecule has 0 saturated heterocycles. The van der Waals surface area contributed by atoms with E-state index in [2.05, 4.69) is 0 Å². The Kier molecular flexibility index (Phi) is 10.5. The Balaban J connectivity index is 0. The van der Waals surface area contributed by atoms with Gasteiger partial charge in [-0.1, -0.05) is 6.42 Å². The molecule has 0 aliphatic heterocycles. The summed E-state index contributed by atoms with van der Waals surface area (Å²) in [6.45, 7) is 0. The summed E-state index contributed by atoms with van der Waals surface area (Å²) in [4.78, 5) is 0. The van der Waals surface area contributed by atoms with Crippen molar-refractivity contribution in [1.29, 1.82) is 0 Å². The molecule has 0 heterocycles. The molecule has 0 spiro atoms. The zero-order valence-electron chi connectivity index (χ0n) is 6.55. The van der Waals surface area contributed by atoms with Crippen LogP contribution >= 0.6 is 11.6 Å². The SMILES string of the molecule is O=S(=O)([O-])CCCCCCl.[Na+]. The van der Waals surface area contributed by atoms with Crippen molar-refractivity contribution in [1.82, 2.24) is 0 Å². The van der Waals surface area contributed by atoms with Gasteiger partial charge in [0.15, 0.2) is 0 Å². The maximum atomic E-state index is 10.0. The van der Waals surface area contributed by atoms with Gasteiger partial charge in [0.2, 0.25) is 0 Å². The van der Waals surface area contributed by atoms with Crippen molar-refractivity contribution >= 4 is 21.7 Å². The molecule has 0 saturated carbocycles. The Morgan fingerprint density at radius 1 is 1.18 bits per heavy atom. The summed E-state index contributed by atoms with van der Waals surface area (Å²) in [6, 6.07) is 0. The molecule has 0 aromatic heterocycles. The molecule has 3 nitrogen and oxygen atoms in total. The third kappa shape index (κ3) is 14.1. The van der Waals surface area contributed by atoms with Crippen molar-refractivity contribution in [3.63, 3.8) is 0 Å². The Hall–Kier alpha value is 1.20. The monoisotopic (exact) mass is 208 g/mol. The van der Waals surface area contributed by atoms with Gasteiger partial charge < -0.3 is 4.55 Å². The zero-order valence-corrected chi connectivity index (χ0v) is 10.1. The Labute approximate surface area is 94.5 Å². The minimum absolute atomic E-state index is 0. The predicted molar refractivity (Wildman–Crippen MR) is 39.1 cm³/mol. The van der Waals surface area contributed by atoms with E-state index in [0.29, 0.717) is 18.7 Å². The van der Waals surface area contributed by atoms with Crippen LogP contribution in [0.4, 0.5) is 0 Å². The molecule has 0 amide bonds. The van der Waals surface area contributed by atoms with Gasteiger partial charge in [-0.05, 0) is 12.8 Å². The summed E-state index contributed by atoms with van der Waals surface area (Å²) in [7, 11) is -4.00. The van der Waals surface area contributed by atoms with Crippen LogP contribution < -0.4 is 29.6 Å². The molecule has 0 aliphatic rings. The third-order valence-corrected chi connectivity index (χ3v) is 2.08. The predicted octanol–water partition coefficient (Wildman–Crippen LogP) is -2.06. The van der Waals surface area contributed by atoms with E-state index in [1.54, 1.807) is 0 Å². The quantitative estimate of drug-likeness (QED) is 0.226. The van der Waals surface area contributed by atoms with E-state index >= 15 is 0 Å². The van der Waals surface area contributed by atoms with Crippen LogP contribution in [0, 0.1) is 0 Å². The molecular weight excluding hydrogens is 199 g/mol. The van der Waals surface area contributed by atoms with E-state index in [1.165, 1.54) is 0 Å². The van der Waals surface area contributed by atoms with Gasteiger partial charge in [0.25, 0.3) is 0 Å². The molecule has 11 heavy (non-hydrogen) atoms. The summed E-state index contributed by atoms with van der Waals surface area (Å²) in [6.07, 6.45) is 1.92. The molecule has 0 N–H and O–H groups in total. The molecule has 0 aromatic carbocycles. The maximum Gasteiger partial charge on any atom is 1.00 e. The van der Waals surface area contributed by atoms with E-state index in [0.717, 1.165) is 6.42 Å². The van der Waals surface area contributed by atoms with Crippen LogP contribution in [0.2, 0.25) is 0 Å². The Morgan fingerprint density at radius 3 is 2.09 bits per heavy atom. The minimum atomic E-state index is -4.00. The second kappa shape index (κ2) is 7.83. The topological polar surface area (TPSA) is 57.2 Å². The molecular formula is C5H10ClNaO3S. The average molecular weight is 209 g/mol. The van der Waals surface area contributed by atoms with Crippen molar-refractivity contribution in [2.45, 2.75) is 19.3 Å². The molecule has 0 fully saturated rings. The third-order valence-electron chi connectivity index (χ3n) is 1.03. The van der Waals surface area contributed by atoms with Crippen molar-refractivity contribution in [3.05, 3.63) is 0 Å². The van der Waals surface area contributed by atoms with Crippen LogP contribution in [0.3, 0.4) is 0 Å². The Morgan fingerprint density at radius 2 is 1.73 bits per heavy atom.